The maximum atomic E-state index is 11.8. The first-order valence-corrected chi connectivity index (χ1v) is 7.92. The number of fused-ring (bicyclic) bond motifs is 1. The van der Waals surface area contributed by atoms with Crippen LogP contribution in [-0.2, 0) is 4.79 Å². The number of amides is 1. The van der Waals surface area contributed by atoms with E-state index in [0.29, 0.717) is 24.5 Å². The standard InChI is InChI=1S/C18H25N3O2/c1-5-7-16(22)21-18(3,4)11-23-15-9-6-8-14-17(15)13(19)10-12(2)20-14/h6,8-10H,5,7,11H2,1-4H3,(H2,19,20)(H,21,22). The molecule has 2 aromatic rings. The quantitative estimate of drug-likeness (QED) is 0.858. The molecular formula is C18H25N3O2. The van der Waals surface area contributed by atoms with Crippen molar-refractivity contribution in [3.63, 3.8) is 0 Å². The minimum atomic E-state index is -0.457. The first-order valence-electron chi connectivity index (χ1n) is 7.92. The van der Waals surface area contributed by atoms with Crippen LogP contribution in [0.15, 0.2) is 24.3 Å². The average Bonchev–Trinajstić information content (AvgIpc) is 2.44. The summed E-state index contributed by atoms with van der Waals surface area (Å²) in [6.07, 6.45) is 1.35. The largest absolute Gasteiger partial charge is 0.490 e. The molecule has 0 unspecified atom stereocenters. The number of carbonyl (C=O) groups excluding carboxylic acids is 1. The number of hydrogen-bond acceptors (Lipinski definition) is 4. The number of aromatic nitrogens is 1. The van der Waals surface area contributed by atoms with Crippen LogP contribution in [0.25, 0.3) is 10.9 Å². The summed E-state index contributed by atoms with van der Waals surface area (Å²) >= 11 is 0. The van der Waals surface area contributed by atoms with Crippen molar-refractivity contribution in [2.75, 3.05) is 12.3 Å². The normalized spacial score (nSPS) is 11.5. The monoisotopic (exact) mass is 315 g/mol. The van der Waals surface area contributed by atoms with Crippen LogP contribution in [0, 0.1) is 6.92 Å². The van der Waals surface area contributed by atoms with E-state index < -0.39 is 5.54 Å². The van der Waals surface area contributed by atoms with Gasteiger partial charge in [-0.25, -0.2) is 0 Å². The Hall–Kier alpha value is -2.30. The number of nitrogens with zero attached hydrogens (tertiary/aromatic N) is 1. The van der Waals surface area contributed by atoms with Crippen LogP contribution in [0.3, 0.4) is 0 Å². The van der Waals surface area contributed by atoms with Crippen molar-refractivity contribution in [3.05, 3.63) is 30.0 Å². The molecule has 0 radical (unpaired) electrons. The van der Waals surface area contributed by atoms with Crippen molar-refractivity contribution in [2.24, 2.45) is 0 Å². The van der Waals surface area contributed by atoms with Gasteiger partial charge in [-0.05, 0) is 45.4 Å². The number of hydrogen-bond donors (Lipinski definition) is 2. The molecule has 0 saturated heterocycles. The number of nitrogen functional groups attached to an aromatic ring is 1. The molecule has 5 heteroatoms. The fourth-order valence-corrected chi connectivity index (χ4v) is 2.50. The second-order valence-corrected chi connectivity index (χ2v) is 6.47. The van der Waals surface area contributed by atoms with Gasteiger partial charge in [-0.2, -0.15) is 0 Å². The van der Waals surface area contributed by atoms with Crippen LogP contribution in [0.5, 0.6) is 5.75 Å². The summed E-state index contributed by atoms with van der Waals surface area (Å²) in [6, 6.07) is 7.52. The Morgan fingerprint density at radius 1 is 1.39 bits per heavy atom. The predicted octanol–water partition coefficient (Wildman–Crippen LogP) is 3.20. The van der Waals surface area contributed by atoms with Gasteiger partial charge in [-0.1, -0.05) is 13.0 Å². The second-order valence-electron chi connectivity index (χ2n) is 6.47. The van der Waals surface area contributed by atoms with Crippen LogP contribution in [-0.4, -0.2) is 23.0 Å². The molecule has 0 bridgehead atoms. The highest BCUT2D eigenvalue weighted by Gasteiger charge is 2.21. The third kappa shape index (κ3) is 4.34. The van der Waals surface area contributed by atoms with E-state index in [1.807, 2.05) is 52.0 Å². The minimum Gasteiger partial charge on any atom is -0.490 e. The fraction of sp³-hybridized carbons (Fsp3) is 0.444. The van der Waals surface area contributed by atoms with Crippen LogP contribution in [0.1, 0.15) is 39.3 Å². The third-order valence-electron chi connectivity index (χ3n) is 3.50. The molecule has 0 aliphatic heterocycles. The maximum Gasteiger partial charge on any atom is 0.220 e. The lowest BCUT2D eigenvalue weighted by molar-refractivity contribution is -0.123. The molecule has 0 saturated carbocycles. The zero-order valence-electron chi connectivity index (χ0n) is 14.3. The Morgan fingerprint density at radius 3 is 2.83 bits per heavy atom. The van der Waals surface area contributed by atoms with E-state index in [4.69, 9.17) is 10.5 Å². The predicted molar refractivity (Wildman–Crippen MR) is 93.5 cm³/mol. The number of rotatable bonds is 6. The summed E-state index contributed by atoms with van der Waals surface area (Å²) in [6.45, 7) is 8.14. The molecular weight excluding hydrogens is 290 g/mol. The van der Waals surface area contributed by atoms with E-state index in [1.54, 1.807) is 0 Å². The van der Waals surface area contributed by atoms with Crippen LogP contribution >= 0.6 is 0 Å². The van der Waals surface area contributed by atoms with Crippen molar-refractivity contribution in [2.45, 2.75) is 46.1 Å². The Bertz CT molecular complexity index is 711. The molecule has 23 heavy (non-hydrogen) atoms. The van der Waals surface area contributed by atoms with Crippen molar-refractivity contribution in [1.82, 2.24) is 10.3 Å². The van der Waals surface area contributed by atoms with Crippen LogP contribution < -0.4 is 15.8 Å². The van der Waals surface area contributed by atoms with Gasteiger partial charge >= 0.3 is 0 Å². The summed E-state index contributed by atoms with van der Waals surface area (Å²) < 4.78 is 5.95. The van der Waals surface area contributed by atoms with Crippen LogP contribution in [0.4, 0.5) is 5.69 Å². The lowest BCUT2D eigenvalue weighted by atomic mass is 10.1. The highest BCUT2D eigenvalue weighted by molar-refractivity contribution is 5.95. The lowest BCUT2D eigenvalue weighted by Gasteiger charge is -2.26. The number of nitrogens with two attached hydrogens (primary N) is 1. The molecule has 2 rings (SSSR count). The summed E-state index contributed by atoms with van der Waals surface area (Å²) in [5, 5.41) is 3.80. The van der Waals surface area contributed by atoms with E-state index in [1.165, 1.54) is 0 Å². The number of anilines is 1. The van der Waals surface area contributed by atoms with Crippen LogP contribution in [0.2, 0.25) is 0 Å². The Balaban J connectivity index is 2.17. The van der Waals surface area contributed by atoms with Gasteiger partial charge in [-0.15, -0.1) is 0 Å². The number of pyridine rings is 1. The van der Waals surface area contributed by atoms with Gasteiger partial charge in [0.2, 0.25) is 5.91 Å². The SMILES string of the molecule is CCCC(=O)NC(C)(C)COc1cccc2nc(C)cc(N)c12. The van der Waals surface area contributed by atoms with Crippen molar-refractivity contribution >= 4 is 22.5 Å². The first kappa shape index (κ1) is 17.1. The summed E-state index contributed by atoms with van der Waals surface area (Å²) in [7, 11) is 0. The van der Waals surface area contributed by atoms with Crippen molar-refractivity contribution in [1.29, 1.82) is 0 Å². The highest BCUT2D eigenvalue weighted by Crippen LogP contribution is 2.30. The van der Waals surface area contributed by atoms with Gasteiger partial charge in [0.25, 0.3) is 0 Å². The third-order valence-corrected chi connectivity index (χ3v) is 3.50. The topological polar surface area (TPSA) is 77.2 Å². The number of carbonyl (C=O) groups is 1. The van der Waals surface area contributed by atoms with Gasteiger partial charge in [-0.3, -0.25) is 9.78 Å². The molecule has 124 valence electrons. The zero-order chi connectivity index (χ0) is 17.0. The molecule has 1 aromatic heterocycles. The van der Waals surface area contributed by atoms with Gasteiger partial charge < -0.3 is 15.8 Å². The molecule has 5 nitrogen and oxygen atoms in total. The fourth-order valence-electron chi connectivity index (χ4n) is 2.50. The van der Waals surface area contributed by atoms with Gasteiger partial charge in [0.05, 0.1) is 16.4 Å². The van der Waals surface area contributed by atoms with E-state index >= 15 is 0 Å². The van der Waals surface area contributed by atoms with E-state index in [9.17, 15) is 4.79 Å². The number of aryl methyl sites for hydroxylation is 1. The summed E-state index contributed by atoms with van der Waals surface area (Å²) in [5.41, 5.74) is 8.01. The smallest absolute Gasteiger partial charge is 0.220 e. The van der Waals surface area contributed by atoms with Gasteiger partial charge in [0.1, 0.15) is 12.4 Å². The Labute approximate surface area is 137 Å². The zero-order valence-corrected chi connectivity index (χ0v) is 14.3. The molecule has 0 atom stereocenters. The van der Waals surface area contributed by atoms with E-state index in [0.717, 1.165) is 23.0 Å². The molecule has 1 amide bonds. The maximum absolute atomic E-state index is 11.8. The number of ether oxygens (including phenoxy) is 1. The summed E-state index contributed by atoms with van der Waals surface area (Å²) in [5.74, 6) is 0.723. The molecule has 0 fully saturated rings. The van der Waals surface area contributed by atoms with Crippen molar-refractivity contribution < 1.29 is 9.53 Å². The number of nitrogens with one attached hydrogen (secondary N) is 1. The molecule has 3 N–H and O–H groups in total. The molecule has 0 aliphatic carbocycles. The average molecular weight is 315 g/mol. The first-order chi connectivity index (χ1) is 10.8. The molecule has 0 aliphatic rings. The summed E-state index contributed by atoms with van der Waals surface area (Å²) in [4.78, 5) is 16.3. The van der Waals surface area contributed by atoms with Crippen molar-refractivity contribution in [3.8, 4) is 5.75 Å². The molecule has 1 aromatic carbocycles. The van der Waals surface area contributed by atoms with Gasteiger partial charge in [0, 0.05) is 17.8 Å². The number of benzene rings is 1. The molecule has 0 spiro atoms. The van der Waals surface area contributed by atoms with E-state index in [2.05, 4.69) is 10.3 Å². The van der Waals surface area contributed by atoms with Gasteiger partial charge in [0.15, 0.2) is 0 Å². The lowest BCUT2D eigenvalue weighted by Crippen LogP contribution is -2.47. The highest BCUT2D eigenvalue weighted by atomic mass is 16.5. The Morgan fingerprint density at radius 2 is 2.13 bits per heavy atom. The van der Waals surface area contributed by atoms with E-state index in [-0.39, 0.29) is 5.91 Å². The minimum absolute atomic E-state index is 0.0378. The molecule has 1 heterocycles. The second kappa shape index (κ2) is 6.86. The Kier molecular flexibility index (Phi) is 5.08.